The summed E-state index contributed by atoms with van der Waals surface area (Å²) in [5.41, 5.74) is 5.92. The molecule has 3 rings (SSSR count). The Kier molecular flexibility index (Phi) is 2.31. The van der Waals surface area contributed by atoms with Crippen LogP contribution in [0, 0.1) is 5.82 Å². The first-order valence-electron chi connectivity index (χ1n) is 5.76. The van der Waals surface area contributed by atoms with Crippen LogP contribution in [0.3, 0.4) is 0 Å². The van der Waals surface area contributed by atoms with Gasteiger partial charge in [0, 0.05) is 11.3 Å². The zero-order valence-electron chi connectivity index (χ0n) is 10.2. The highest BCUT2D eigenvalue weighted by molar-refractivity contribution is 5.93. The summed E-state index contributed by atoms with van der Waals surface area (Å²) < 4.78 is 15.4. The molecule has 19 heavy (non-hydrogen) atoms. The second kappa shape index (κ2) is 3.78. The minimum Gasteiger partial charge on any atom is -0.399 e. The number of rotatable bonds is 1. The molecular weight excluding hydrogens is 249 g/mol. The first kappa shape index (κ1) is 11.6. The molecule has 1 amide bonds. The maximum absolute atomic E-state index is 14.0. The van der Waals surface area contributed by atoms with Gasteiger partial charge in [-0.3, -0.25) is 4.79 Å². The zero-order valence-corrected chi connectivity index (χ0v) is 10.2. The van der Waals surface area contributed by atoms with Crippen molar-refractivity contribution in [3.63, 3.8) is 0 Å². The minimum atomic E-state index is -0.906. The summed E-state index contributed by atoms with van der Waals surface area (Å²) in [7, 11) is 0. The lowest BCUT2D eigenvalue weighted by molar-refractivity contribution is 0.0836. The number of carbonyl (C=O) groups is 1. The Morgan fingerprint density at radius 3 is 3.11 bits per heavy atom. The van der Waals surface area contributed by atoms with Crippen molar-refractivity contribution in [1.29, 1.82) is 0 Å². The molecule has 1 aliphatic rings. The topological polar surface area (TPSA) is 85.8 Å². The molecule has 1 aromatic heterocycles. The molecule has 2 heterocycles. The minimum absolute atomic E-state index is 0.300. The number of benzene rings is 1. The van der Waals surface area contributed by atoms with Crippen molar-refractivity contribution < 1.29 is 9.18 Å². The Balaban J connectivity index is 2.10. The third-order valence-electron chi connectivity index (χ3n) is 3.29. The van der Waals surface area contributed by atoms with Gasteiger partial charge in [-0.15, -0.1) is 5.10 Å². The fourth-order valence-corrected chi connectivity index (χ4v) is 2.32. The number of hydrogen-bond acceptors (Lipinski definition) is 4. The van der Waals surface area contributed by atoms with E-state index < -0.39 is 11.4 Å². The van der Waals surface area contributed by atoms with Crippen LogP contribution in [0.2, 0.25) is 0 Å². The summed E-state index contributed by atoms with van der Waals surface area (Å²) in [5, 5.41) is 10.3. The van der Waals surface area contributed by atoms with Crippen molar-refractivity contribution in [3.05, 3.63) is 41.5 Å². The lowest BCUT2D eigenvalue weighted by Crippen LogP contribution is -2.52. The van der Waals surface area contributed by atoms with Gasteiger partial charge in [-0.05, 0) is 25.1 Å². The summed E-state index contributed by atoms with van der Waals surface area (Å²) in [6, 6.07) is 4.30. The summed E-state index contributed by atoms with van der Waals surface area (Å²) >= 11 is 0. The van der Waals surface area contributed by atoms with Gasteiger partial charge in [0.15, 0.2) is 0 Å². The first-order chi connectivity index (χ1) is 8.99. The van der Waals surface area contributed by atoms with E-state index in [0.29, 0.717) is 23.5 Å². The molecule has 0 fully saturated rings. The Labute approximate surface area is 108 Å². The molecule has 6 nitrogen and oxygen atoms in total. The van der Waals surface area contributed by atoms with E-state index in [1.54, 1.807) is 6.92 Å². The number of nitrogens with zero attached hydrogens (tertiary/aromatic N) is 3. The Bertz CT molecular complexity index is 668. The van der Waals surface area contributed by atoms with E-state index in [9.17, 15) is 9.18 Å². The van der Waals surface area contributed by atoms with Gasteiger partial charge < -0.3 is 11.1 Å². The molecule has 0 saturated heterocycles. The quantitative estimate of drug-likeness (QED) is 0.738. The molecule has 0 saturated carbocycles. The van der Waals surface area contributed by atoms with E-state index in [-0.39, 0.29) is 5.91 Å². The van der Waals surface area contributed by atoms with Gasteiger partial charge in [0.2, 0.25) is 0 Å². The summed E-state index contributed by atoms with van der Waals surface area (Å²) in [5.74, 6) is -0.749. The van der Waals surface area contributed by atoms with Crippen molar-refractivity contribution in [3.8, 4) is 0 Å². The molecule has 0 bridgehead atoms. The molecule has 7 heteroatoms. The monoisotopic (exact) mass is 261 g/mol. The highest BCUT2D eigenvalue weighted by Crippen LogP contribution is 2.30. The van der Waals surface area contributed by atoms with Crippen LogP contribution in [0.25, 0.3) is 0 Å². The third-order valence-corrected chi connectivity index (χ3v) is 3.29. The van der Waals surface area contributed by atoms with E-state index >= 15 is 0 Å². The lowest BCUT2D eigenvalue weighted by atomic mass is 9.89. The third kappa shape index (κ3) is 1.74. The highest BCUT2D eigenvalue weighted by Gasteiger charge is 2.38. The fourth-order valence-electron chi connectivity index (χ4n) is 2.32. The molecule has 2 aromatic rings. The summed E-state index contributed by atoms with van der Waals surface area (Å²) in [4.78, 5) is 12.0. The van der Waals surface area contributed by atoms with Crippen LogP contribution >= 0.6 is 0 Å². The van der Waals surface area contributed by atoms with Crippen molar-refractivity contribution in [2.75, 3.05) is 5.73 Å². The average molecular weight is 261 g/mol. The van der Waals surface area contributed by atoms with E-state index in [1.165, 1.54) is 29.1 Å². The van der Waals surface area contributed by atoms with Crippen LogP contribution < -0.4 is 11.1 Å². The average Bonchev–Trinajstić information content (AvgIpc) is 2.80. The Hall–Kier alpha value is -2.44. The maximum atomic E-state index is 14.0. The number of anilines is 1. The van der Waals surface area contributed by atoms with Gasteiger partial charge in [-0.1, -0.05) is 5.21 Å². The molecule has 0 aliphatic carbocycles. The molecular formula is C12H12FN5O. The largest absolute Gasteiger partial charge is 0.399 e. The number of hydrogen-bond donors (Lipinski definition) is 2. The summed E-state index contributed by atoms with van der Waals surface area (Å²) in [6.45, 7) is 2.03. The number of nitrogens with two attached hydrogens (primary N) is 1. The smallest absolute Gasteiger partial charge is 0.271 e. The van der Waals surface area contributed by atoms with E-state index in [2.05, 4.69) is 15.6 Å². The number of nitrogens with one attached hydrogen (secondary N) is 1. The maximum Gasteiger partial charge on any atom is 0.271 e. The van der Waals surface area contributed by atoms with Gasteiger partial charge in [-0.2, -0.15) is 0 Å². The molecule has 0 spiro atoms. The van der Waals surface area contributed by atoms with Gasteiger partial charge in [0.05, 0.1) is 18.3 Å². The van der Waals surface area contributed by atoms with Gasteiger partial charge >= 0.3 is 0 Å². The van der Waals surface area contributed by atoms with Crippen LogP contribution in [0.4, 0.5) is 10.1 Å². The van der Waals surface area contributed by atoms with Crippen molar-refractivity contribution in [2.45, 2.75) is 19.0 Å². The predicted octanol–water partition coefficient (Wildman–Crippen LogP) is 0.658. The van der Waals surface area contributed by atoms with Crippen molar-refractivity contribution in [2.24, 2.45) is 0 Å². The number of carbonyl (C=O) groups excluding carboxylic acids is 1. The van der Waals surface area contributed by atoms with Crippen LogP contribution in [0.15, 0.2) is 24.4 Å². The SMILES string of the molecule is C[C@@]1(c2cc(N)ccc2F)Cn2nncc2C(=O)N1. The van der Waals surface area contributed by atoms with Gasteiger partial charge in [-0.25, -0.2) is 9.07 Å². The Morgan fingerprint density at radius 1 is 1.53 bits per heavy atom. The second-order valence-electron chi connectivity index (χ2n) is 4.80. The zero-order chi connectivity index (χ0) is 13.6. The number of nitrogen functional groups attached to an aromatic ring is 1. The van der Waals surface area contributed by atoms with Crippen LogP contribution in [0.1, 0.15) is 23.0 Å². The second-order valence-corrected chi connectivity index (χ2v) is 4.80. The molecule has 1 atom stereocenters. The predicted molar refractivity (Wildman–Crippen MR) is 65.7 cm³/mol. The van der Waals surface area contributed by atoms with Crippen LogP contribution in [-0.2, 0) is 12.1 Å². The van der Waals surface area contributed by atoms with Gasteiger partial charge in [0.25, 0.3) is 5.91 Å². The van der Waals surface area contributed by atoms with E-state index in [0.717, 1.165) is 0 Å². The fraction of sp³-hybridized carbons (Fsp3) is 0.250. The van der Waals surface area contributed by atoms with Crippen molar-refractivity contribution in [1.82, 2.24) is 20.3 Å². The molecule has 0 unspecified atom stereocenters. The van der Waals surface area contributed by atoms with E-state index in [1.807, 2.05) is 0 Å². The Morgan fingerprint density at radius 2 is 2.32 bits per heavy atom. The van der Waals surface area contributed by atoms with Crippen molar-refractivity contribution >= 4 is 11.6 Å². The first-order valence-corrected chi connectivity index (χ1v) is 5.76. The summed E-state index contributed by atoms with van der Waals surface area (Å²) in [6.07, 6.45) is 1.38. The number of halogens is 1. The molecule has 0 radical (unpaired) electrons. The standard InChI is InChI=1S/C12H12FN5O/c1-12(8-4-7(14)2-3-9(8)13)6-18-10(5-15-17-18)11(19)16-12/h2-5H,6,14H2,1H3,(H,16,19)/t12-/m0/s1. The number of amides is 1. The molecule has 3 N–H and O–H groups in total. The van der Waals surface area contributed by atoms with E-state index in [4.69, 9.17) is 5.73 Å². The number of fused-ring (bicyclic) bond motifs is 1. The van der Waals surface area contributed by atoms with Gasteiger partial charge in [0.1, 0.15) is 11.5 Å². The highest BCUT2D eigenvalue weighted by atomic mass is 19.1. The molecule has 1 aliphatic heterocycles. The normalized spacial score (nSPS) is 21.9. The molecule has 98 valence electrons. The lowest BCUT2D eigenvalue weighted by Gasteiger charge is -2.35. The molecule has 1 aromatic carbocycles. The van der Waals surface area contributed by atoms with Crippen LogP contribution in [0.5, 0.6) is 0 Å². The number of aromatic nitrogens is 3. The van der Waals surface area contributed by atoms with Crippen LogP contribution in [-0.4, -0.2) is 20.9 Å².